The Morgan fingerprint density at radius 1 is 1.24 bits per heavy atom. The summed E-state index contributed by atoms with van der Waals surface area (Å²) in [6.07, 6.45) is 7.38. The third-order valence-electron chi connectivity index (χ3n) is 6.12. The van der Waals surface area contributed by atoms with Crippen molar-refractivity contribution in [3.05, 3.63) is 48.7 Å². The highest BCUT2D eigenvalue weighted by atomic mass is 16.5. The van der Waals surface area contributed by atoms with Crippen LogP contribution in [-0.4, -0.2) is 74.0 Å². The zero-order valence-electron chi connectivity index (χ0n) is 19.5. The summed E-state index contributed by atoms with van der Waals surface area (Å²) in [5, 5.41) is 3.33. The number of benzene rings is 1. The van der Waals surface area contributed by atoms with E-state index in [1.165, 1.54) is 25.9 Å². The minimum Gasteiger partial charge on any atom is -0.492 e. The number of nitrogens with zero attached hydrogens (tertiary/aromatic N) is 4. The molecule has 2 aromatic rings. The molecule has 0 saturated carbocycles. The van der Waals surface area contributed by atoms with Gasteiger partial charge in [0.1, 0.15) is 18.2 Å². The number of rotatable bonds is 12. The minimum atomic E-state index is 0. The Bertz CT molecular complexity index is 910. The number of anilines is 3. The molecular weight excluding hydrogens is 418 g/mol. The van der Waals surface area contributed by atoms with Crippen molar-refractivity contribution in [1.29, 1.82) is 0 Å². The molecule has 0 aliphatic carbocycles. The van der Waals surface area contributed by atoms with Gasteiger partial charge in [0, 0.05) is 45.6 Å². The maximum Gasteiger partial charge on any atom is 0.229 e. The minimum absolute atomic E-state index is 0. The first kappa shape index (κ1) is 23.5. The van der Waals surface area contributed by atoms with Crippen LogP contribution in [0.2, 0.25) is 0 Å². The highest BCUT2D eigenvalue weighted by molar-refractivity contribution is 5.58. The monoisotopic (exact) mass is 455 g/mol. The van der Waals surface area contributed by atoms with Gasteiger partial charge in [-0.25, -0.2) is 4.98 Å². The molecule has 1 N–H and O–H groups in total. The molecule has 2 aliphatic heterocycles. The van der Waals surface area contributed by atoms with Gasteiger partial charge >= 0.3 is 0 Å². The normalized spacial score (nSPS) is 18.6. The first-order chi connectivity index (χ1) is 16.2. The molecule has 1 aromatic carbocycles. The van der Waals surface area contributed by atoms with E-state index in [2.05, 4.69) is 26.7 Å². The maximum absolute atomic E-state index is 6.12. The van der Waals surface area contributed by atoms with Gasteiger partial charge in [-0.2, -0.15) is 4.98 Å². The predicted octanol–water partition coefficient (Wildman–Crippen LogP) is 3.87. The number of methoxy groups -OCH3 is 1. The molecule has 2 fully saturated rings. The molecule has 8 nitrogen and oxygen atoms in total. The SMILES string of the molecule is C=CCOCc1cc(Nc2nccc(N3CC[C@@H](OC)C3)n2)ccc1OCCN1CCCC1.[HH]. The van der Waals surface area contributed by atoms with E-state index in [1.54, 1.807) is 19.4 Å². The van der Waals surface area contributed by atoms with Crippen LogP contribution in [-0.2, 0) is 16.1 Å². The van der Waals surface area contributed by atoms with Crippen molar-refractivity contribution in [3.63, 3.8) is 0 Å². The highest BCUT2D eigenvalue weighted by Crippen LogP contribution is 2.26. The second-order valence-electron chi connectivity index (χ2n) is 8.48. The van der Waals surface area contributed by atoms with E-state index in [0.29, 0.717) is 25.8 Å². The van der Waals surface area contributed by atoms with Crippen molar-refractivity contribution in [2.45, 2.75) is 32.0 Å². The zero-order valence-corrected chi connectivity index (χ0v) is 19.5. The number of aromatic nitrogens is 2. The Kier molecular flexibility index (Phi) is 8.52. The molecule has 180 valence electrons. The van der Waals surface area contributed by atoms with Gasteiger partial charge in [-0.3, -0.25) is 4.90 Å². The topological polar surface area (TPSA) is 72.0 Å². The van der Waals surface area contributed by atoms with Crippen molar-refractivity contribution >= 4 is 17.5 Å². The van der Waals surface area contributed by atoms with Crippen molar-refractivity contribution < 1.29 is 15.6 Å². The maximum atomic E-state index is 6.12. The smallest absolute Gasteiger partial charge is 0.229 e. The lowest BCUT2D eigenvalue weighted by Crippen LogP contribution is -2.25. The number of nitrogens with one attached hydrogen (secondary N) is 1. The molecule has 0 amide bonds. The average Bonchev–Trinajstić information content (AvgIpc) is 3.53. The van der Waals surface area contributed by atoms with E-state index in [9.17, 15) is 0 Å². The second-order valence-corrected chi connectivity index (χ2v) is 8.48. The van der Waals surface area contributed by atoms with Crippen LogP contribution >= 0.6 is 0 Å². The number of likely N-dealkylation sites (tertiary alicyclic amines) is 1. The molecule has 8 heteroatoms. The van der Waals surface area contributed by atoms with Crippen LogP contribution in [0.3, 0.4) is 0 Å². The van der Waals surface area contributed by atoms with Gasteiger partial charge in [-0.1, -0.05) is 6.08 Å². The summed E-state index contributed by atoms with van der Waals surface area (Å²) in [5.74, 6) is 2.32. The van der Waals surface area contributed by atoms with Crippen molar-refractivity contribution in [2.24, 2.45) is 0 Å². The molecule has 3 heterocycles. The first-order valence-corrected chi connectivity index (χ1v) is 11.8. The Morgan fingerprint density at radius 3 is 2.91 bits per heavy atom. The van der Waals surface area contributed by atoms with E-state index in [4.69, 9.17) is 19.2 Å². The van der Waals surface area contributed by atoms with Gasteiger partial charge in [0.15, 0.2) is 0 Å². The molecule has 4 rings (SSSR count). The quantitative estimate of drug-likeness (QED) is 0.382. The lowest BCUT2D eigenvalue weighted by atomic mass is 10.2. The number of hydrogen-bond acceptors (Lipinski definition) is 8. The highest BCUT2D eigenvalue weighted by Gasteiger charge is 2.23. The fourth-order valence-corrected chi connectivity index (χ4v) is 4.30. The summed E-state index contributed by atoms with van der Waals surface area (Å²) in [5.41, 5.74) is 1.88. The van der Waals surface area contributed by atoms with Crippen molar-refractivity contribution in [3.8, 4) is 5.75 Å². The lowest BCUT2D eigenvalue weighted by Gasteiger charge is -2.18. The molecule has 2 saturated heterocycles. The predicted molar refractivity (Wildman–Crippen MR) is 133 cm³/mol. The zero-order chi connectivity index (χ0) is 22.9. The first-order valence-electron chi connectivity index (χ1n) is 11.8. The third-order valence-corrected chi connectivity index (χ3v) is 6.12. The summed E-state index contributed by atoms with van der Waals surface area (Å²) in [4.78, 5) is 13.8. The van der Waals surface area contributed by atoms with Gasteiger partial charge in [-0.15, -0.1) is 6.58 Å². The lowest BCUT2D eigenvalue weighted by molar-refractivity contribution is 0.121. The van der Waals surface area contributed by atoms with Crippen LogP contribution in [0.5, 0.6) is 5.75 Å². The summed E-state index contributed by atoms with van der Waals surface area (Å²) in [7, 11) is 1.76. The molecular formula is C25H37N5O3. The summed E-state index contributed by atoms with van der Waals surface area (Å²) in [6.45, 7) is 10.4. The summed E-state index contributed by atoms with van der Waals surface area (Å²) in [6, 6.07) is 7.97. The van der Waals surface area contributed by atoms with Crippen LogP contribution < -0.4 is 15.0 Å². The molecule has 0 unspecified atom stereocenters. The molecule has 1 atom stereocenters. The summed E-state index contributed by atoms with van der Waals surface area (Å²) >= 11 is 0. The van der Waals surface area contributed by atoms with Crippen molar-refractivity contribution in [2.75, 3.05) is 63.3 Å². The van der Waals surface area contributed by atoms with E-state index in [0.717, 1.165) is 48.9 Å². The van der Waals surface area contributed by atoms with E-state index in [-0.39, 0.29) is 7.53 Å². The molecule has 0 bridgehead atoms. The third kappa shape index (κ3) is 6.66. The Labute approximate surface area is 198 Å². The average molecular weight is 456 g/mol. The van der Waals surface area contributed by atoms with Crippen molar-refractivity contribution in [1.82, 2.24) is 14.9 Å². The molecule has 1 aromatic heterocycles. The largest absolute Gasteiger partial charge is 0.492 e. The van der Waals surface area contributed by atoms with Gasteiger partial charge in [0.25, 0.3) is 0 Å². The van der Waals surface area contributed by atoms with Crippen LogP contribution in [0.4, 0.5) is 17.5 Å². The fraction of sp³-hybridized carbons (Fsp3) is 0.520. The molecule has 0 spiro atoms. The summed E-state index contributed by atoms with van der Waals surface area (Å²) < 4.78 is 17.3. The van der Waals surface area contributed by atoms with E-state index in [1.807, 2.05) is 24.3 Å². The second kappa shape index (κ2) is 12.0. The standard InChI is InChI=1S/C25H35N5O3.H2/c1-3-15-32-19-20-17-21(6-7-23(20)33-16-14-29-11-4-5-12-29)27-25-26-10-8-24(28-25)30-13-9-22(18-30)31-2;/h3,6-8,10,17,22H,1,4-5,9,11-16,18-19H2,2H3,(H,26,27,28);1H/t22-;/m1./s1. The van der Waals surface area contributed by atoms with Gasteiger partial charge in [0.2, 0.25) is 5.95 Å². The van der Waals surface area contributed by atoms with Crippen LogP contribution in [0.15, 0.2) is 43.1 Å². The number of hydrogen-bond donors (Lipinski definition) is 1. The van der Waals surface area contributed by atoms with Gasteiger partial charge in [0.05, 0.1) is 19.3 Å². The molecule has 2 aliphatic rings. The Balaban J connectivity index is 0.00000324. The van der Waals surface area contributed by atoms with Crippen LogP contribution in [0.25, 0.3) is 0 Å². The van der Waals surface area contributed by atoms with Crippen LogP contribution in [0.1, 0.15) is 26.3 Å². The van der Waals surface area contributed by atoms with E-state index < -0.39 is 0 Å². The molecule has 33 heavy (non-hydrogen) atoms. The van der Waals surface area contributed by atoms with Crippen LogP contribution in [0, 0.1) is 0 Å². The van der Waals surface area contributed by atoms with E-state index >= 15 is 0 Å². The molecule has 0 radical (unpaired) electrons. The van der Waals surface area contributed by atoms with Gasteiger partial charge in [-0.05, 0) is 56.6 Å². The van der Waals surface area contributed by atoms with Gasteiger partial charge < -0.3 is 24.4 Å². The fourth-order valence-electron chi connectivity index (χ4n) is 4.30. The number of ether oxygens (including phenoxy) is 3. The Hall–Kier alpha value is -2.68. The Morgan fingerprint density at radius 2 is 2.12 bits per heavy atom.